The molecular weight excluding hydrogens is 399 g/mol. The fourth-order valence-electron chi connectivity index (χ4n) is 3.77. The lowest BCUT2D eigenvalue weighted by atomic mass is 9.94. The van der Waals surface area contributed by atoms with Crippen molar-refractivity contribution in [3.8, 4) is 0 Å². The van der Waals surface area contributed by atoms with Gasteiger partial charge in [0, 0.05) is 12.6 Å². The molecule has 3 rings (SSSR count). The molecule has 30 heavy (non-hydrogen) atoms. The summed E-state index contributed by atoms with van der Waals surface area (Å²) >= 11 is 0. The summed E-state index contributed by atoms with van der Waals surface area (Å²) in [5.41, 5.74) is 0.943. The monoisotopic (exact) mass is 421 g/mol. The van der Waals surface area contributed by atoms with Crippen molar-refractivity contribution in [2.45, 2.75) is 32.0 Å². The zero-order valence-electron chi connectivity index (χ0n) is 16.4. The van der Waals surface area contributed by atoms with Crippen LogP contribution >= 0.6 is 0 Å². The van der Waals surface area contributed by atoms with Crippen molar-refractivity contribution in [3.63, 3.8) is 0 Å². The summed E-state index contributed by atoms with van der Waals surface area (Å²) in [7, 11) is 0. The quantitative estimate of drug-likeness (QED) is 0.553. The summed E-state index contributed by atoms with van der Waals surface area (Å²) in [6, 6.07) is 11.9. The minimum absolute atomic E-state index is 0.0147. The van der Waals surface area contributed by atoms with Gasteiger partial charge in [-0.05, 0) is 43.5 Å². The molecule has 1 amide bonds. The van der Waals surface area contributed by atoms with Crippen LogP contribution in [0.15, 0.2) is 48.5 Å². The maximum atomic E-state index is 13.3. The highest BCUT2D eigenvalue weighted by Crippen LogP contribution is 2.37. The smallest absolute Gasteiger partial charge is 0.319 e. The number of aryl methyl sites for hydroxylation is 1. The molecule has 6 nitrogen and oxygen atoms in total. The SMILES string of the molecule is Cc1ccc(NC(=O)C(c2ccccc2)N2CCCC(C(F)(F)F)C2)c([N+](=O)[O-])c1. The molecule has 0 radical (unpaired) electrons. The van der Waals surface area contributed by atoms with E-state index in [9.17, 15) is 28.1 Å². The molecule has 9 heteroatoms. The lowest BCUT2D eigenvalue weighted by Crippen LogP contribution is -2.46. The normalized spacial score (nSPS) is 18.6. The summed E-state index contributed by atoms with van der Waals surface area (Å²) in [6.45, 7) is 1.72. The maximum Gasteiger partial charge on any atom is 0.393 e. The molecule has 1 aliphatic heterocycles. The van der Waals surface area contributed by atoms with Gasteiger partial charge in [0.05, 0.1) is 10.8 Å². The number of nitro groups is 1. The summed E-state index contributed by atoms with van der Waals surface area (Å²) in [5.74, 6) is -2.12. The van der Waals surface area contributed by atoms with Gasteiger partial charge in [0.2, 0.25) is 5.91 Å². The number of carbonyl (C=O) groups is 1. The number of piperidine rings is 1. The minimum atomic E-state index is -4.34. The Morgan fingerprint density at radius 1 is 1.23 bits per heavy atom. The van der Waals surface area contributed by atoms with Crippen molar-refractivity contribution in [3.05, 3.63) is 69.8 Å². The van der Waals surface area contributed by atoms with E-state index in [1.165, 1.54) is 17.0 Å². The van der Waals surface area contributed by atoms with Crippen molar-refractivity contribution >= 4 is 17.3 Å². The molecule has 0 spiro atoms. The van der Waals surface area contributed by atoms with Crippen molar-refractivity contribution in [2.75, 3.05) is 18.4 Å². The van der Waals surface area contributed by atoms with Crippen LogP contribution in [0.5, 0.6) is 0 Å². The number of anilines is 1. The Balaban J connectivity index is 1.92. The summed E-state index contributed by atoms with van der Waals surface area (Å²) in [6.07, 6.45) is -4.01. The number of nitrogens with one attached hydrogen (secondary N) is 1. The van der Waals surface area contributed by atoms with Crippen LogP contribution in [0.4, 0.5) is 24.5 Å². The Bertz CT molecular complexity index is 919. The van der Waals surface area contributed by atoms with Crippen molar-refractivity contribution < 1.29 is 22.9 Å². The molecule has 2 aromatic carbocycles. The summed E-state index contributed by atoms with van der Waals surface area (Å²) < 4.78 is 39.9. The zero-order chi connectivity index (χ0) is 21.9. The average Bonchev–Trinajstić information content (AvgIpc) is 2.70. The average molecular weight is 421 g/mol. The number of hydrogen-bond acceptors (Lipinski definition) is 4. The van der Waals surface area contributed by atoms with Crippen LogP contribution < -0.4 is 5.32 Å². The highest BCUT2D eigenvalue weighted by atomic mass is 19.4. The second-order valence-corrected chi connectivity index (χ2v) is 7.46. The lowest BCUT2D eigenvalue weighted by Gasteiger charge is -2.38. The second-order valence-electron chi connectivity index (χ2n) is 7.46. The van der Waals surface area contributed by atoms with Gasteiger partial charge >= 0.3 is 6.18 Å². The van der Waals surface area contributed by atoms with E-state index in [0.29, 0.717) is 24.1 Å². The predicted molar refractivity (Wildman–Crippen MR) is 106 cm³/mol. The highest BCUT2D eigenvalue weighted by molar-refractivity contribution is 5.97. The third kappa shape index (κ3) is 4.96. The predicted octanol–water partition coefficient (Wildman–Crippen LogP) is 4.86. The Morgan fingerprint density at radius 2 is 1.93 bits per heavy atom. The number of benzene rings is 2. The van der Waals surface area contributed by atoms with Crippen LogP contribution in [0, 0.1) is 23.0 Å². The third-order valence-corrected chi connectivity index (χ3v) is 5.25. The van der Waals surface area contributed by atoms with Crippen LogP contribution in [0.1, 0.15) is 30.0 Å². The lowest BCUT2D eigenvalue weighted by molar-refractivity contribution is -0.384. The Morgan fingerprint density at radius 3 is 2.57 bits per heavy atom. The zero-order valence-corrected chi connectivity index (χ0v) is 16.4. The van der Waals surface area contributed by atoms with Gasteiger partial charge in [-0.25, -0.2) is 0 Å². The molecule has 160 valence electrons. The van der Waals surface area contributed by atoms with Gasteiger partial charge in [0.1, 0.15) is 11.7 Å². The molecule has 1 saturated heterocycles. The van der Waals surface area contributed by atoms with Gasteiger partial charge < -0.3 is 5.32 Å². The van der Waals surface area contributed by atoms with Gasteiger partial charge in [-0.3, -0.25) is 19.8 Å². The van der Waals surface area contributed by atoms with E-state index in [4.69, 9.17) is 0 Å². The van der Waals surface area contributed by atoms with E-state index in [-0.39, 0.29) is 24.3 Å². The first-order chi connectivity index (χ1) is 14.2. The van der Waals surface area contributed by atoms with Gasteiger partial charge in [0.25, 0.3) is 5.69 Å². The number of nitro benzene ring substituents is 1. The number of alkyl halides is 3. The first-order valence-corrected chi connectivity index (χ1v) is 9.58. The van der Waals surface area contributed by atoms with Crippen molar-refractivity contribution in [1.29, 1.82) is 0 Å². The van der Waals surface area contributed by atoms with Crippen molar-refractivity contribution in [2.24, 2.45) is 5.92 Å². The number of hydrogen-bond donors (Lipinski definition) is 1. The van der Waals surface area contributed by atoms with Crippen molar-refractivity contribution in [1.82, 2.24) is 4.90 Å². The molecule has 1 aliphatic rings. The minimum Gasteiger partial charge on any atom is -0.319 e. The van der Waals surface area contributed by atoms with E-state index in [0.717, 1.165) is 0 Å². The van der Waals surface area contributed by atoms with E-state index < -0.39 is 29.0 Å². The molecule has 0 aliphatic carbocycles. The summed E-state index contributed by atoms with van der Waals surface area (Å²) in [5, 5.41) is 13.9. The van der Waals surface area contributed by atoms with Gasteiger partial charge in [0.15, 0.2) is 0 Å². The van der Waals surface area contributed by atoms with Crippen LogP contribution in [-0.2, 0) is 4.79 Å². The Kier molecular flexibility index (Phi) is 6.40. The first kappa shape index (κ1) is 21.8. The number of carbonyl (C=O) groups excluding carboxylic acids is 1. The second kappa shape index (κ2) is 8.83. The largest absolute Gasteiger partial charge is 0.393 e. The van der Waals surface area contributed by atoms with Crippen LogP contribution in [0.2, 0.25) is 0 Å². The first-order valence-electron chi connectivity index (χ1n) is 9.58. The van der Waals surface area contributed by atoms with Crippen LogP contribution in [0.25, 0.3) is 0 Å². The number of amides is 1. The standard InChI is InChI=1S/C21H22F3N3O3/c1-14-9-10-17(18(12-14)27(29)30)25-20(28)19(15-6-3-2-4-7-15)26-11-5-8-16(13-26)21(22,23)24/h2-4,6-7,9-10,12,16,19H,5,8,11,13H2,1H3,(H,25,28). The number of rotatable bonds is 5. The van der Waals surface area contributed by atoms with Gasteiger partial charge in [-0.1, -0.05) is 36.4 Å². The fraction of sp³-hybridized carbons (Fsp3) is 0.381. The molecule has 0 aromatic heterocycles. The maximum absolute atomic E-state index is 13.3. The molecule has 2 atom stereocenters. The topological polar surface area (TPSA) is 75.5 Å². The Hall–Kier alpha value is -2.94. The highest BCUT2D eigenvalue weighted by Gasteiger charge is 2.44. The van der Waals surface area contributed by atoms with Crippen LogP contribution in [-0.4, -0.2) is 35.0 Å². The van der Waals surface area contributed by atoms with Gasteiger partial charge in [-0.2, -0.15) is 13.2 Å². The number of likely N-dealkylation sites (tertiary alicyclic amines) is 1. The third-order valence-electron chi connectivity index (χ3n) is 5.25. The van der Waals surface area contributed by atoms with E-state index in [1.807, 2.05) is 0 Å². The molecule has 2 aromatic rings. The number of halogens is 3. The molecular formula is C21H22F3N3O3. The van der Waals surface area contributed by atoms with Crippen LogP contribution in [0.3, 0.4) is 0 Å². The molecule has 1 N–H and O–H groups in total. The molecule has 1 heterocycles. The summed E-state index contributed by atoms with van der Waals surface area (Å²) in [4.78, 5) is 25.5. The van der Waals surface area contributed by atoms with Gasteiger partial charge in [-0.15, -0.1) is 0 Å². The van der Waals surface area contributed by atoms with E-state index in [1.54, 1.807) is 43.3 Å². The van der Waals surface area contributed by atoms with E-state index >= 15 is 0 Å². The molecule has 2 unspecified atom stereocenters. The molecule has 1 fully saturated rings. The van der Waals surface area contributed by atoms with E-state index in [2.05, 4.69) is 5.32 Å². The molecule has 0 bridgehead atoms. The number of nitrogens with zero attached hydrogens (tertiary/aromatic N) is 2. The fourth-order valence-corrected chi connectivity index (χ4v) is 3.77. The molecule has 0 saturated carbocycles. The Labute approximate surface area is 171 Å².